The Morgan fingerprint density at radius 1 is 0.659 bits per heavy atom. The van der Waals surface area contributed by atoms with Crippen molar-refractivity contribution in [1.82, 2.24) is 10.2 Å². The summed E-state index contributed by atoms with van der Waals surface area (Å²) in [4.78, 5) is 40.0. The Balaban J connectivity index is 0.961. The molecule has 0 saturated carbocycles. The number of carbonyl (C=O) groups is 3. The van der Waals surface area contributed by atoms with Gasteiger partial charge in [0.15, 0.2) is 0 Å². The molecule has 222 valence electrons. The van der Waals surface area contributed by atoms with Crippen molar-refractivity contribution in [2.24, 2.45) is 0 Å². The molecule has 1 fully saturated rings. The summed E-state index contributed by atoms with van der Waals surface area (Å²) in [7, 11) is 0. The van der Waals surface area contributed by atoms with Crippen LogP contribution in [0.1, 0.15) is 46.9 Å². The lowest BCUT2D eigenvalue weighted by molar-refractivity contribution is -0.146. The fraction of sp³-hybridized carbons (Fsp3) is 0.250. The fourth-order valence-corrected chi connectivity index (χ4v) is 6.98. The van der Waals surface area contributed by atoms with E-state index >= 15 is 0 Å². The average molecular weight is 589 g/mol. The number of ether oxygens (including phenoxy) is 2. The van der Waals surface area contributed by atoms with Gasteiger partial charge in [0.05, 0.1) is 0 Å². The smallest absolute Gasteiger partial charge is 0.409 e. The summed E-state index contributed by atoms with van der Waals surface area (Å²) in [6, 6.07) is 32.3. The standard InChI is InChI=1S/C36H32N2O6/c39-33(40)36(37-34(41)43-21-31-27-13-5-1-9-23(27)24-10-2-6-14-28(24)31)17-19-38(20-18-36)35(42)44-22-32-29-15-7-3-11-25(29)26-12-4-8-16-30(26)32/h1-16,31-32H,17-22H2,(H,37,41)(H,39,40). The maximum Gasteiger partial charge on any atom is 0.409 e. The van der Waals surface area contributed by atoms with E-state index in [0.29, 0.717) is 0 Å². The number of hydrogen-bond acceptors (Lipinski definition) is 5. The highest BCUT2D eigenvalue weighted by Crippen LogP contribution is 2.45. The molecule has 7 rings (SSSR count). The van der Waals surface area contributed by atoms with Crippen molar-refractivity contribution >= 4 is 18.2 Å². The summed E-state index contributed by atoms with van der Waals surface area (Å²) in [5, 5.41) is 12.8. The van der Waals surface area contributed by atoms with Crippen LogP contribution >= 0.6 is 0 Å². The number of hydrogen-bond donors (Lipinski definition) is 2. The van der Waals surface area contributed by atoms with Crippen LogP contribution in [0.4, 0.5) is 9.59 Å². The number of nitrogens with one attached hydrogen (secondary N) is 1. The van der Waals surface area contributed by atoms with Gasteiger partial charge in [0, 0.05) is 24.9 Å². The zero-order valence-electron chi connectivity index (χ0n) is 24.1. The van der Waals surface area contributed by atoms with Crippen LogP contribution in [0.3, 0.4) is 0 Å². The van der Waals surface area contributed by atoms with Gasteiger partial charge in [-0.3, -0.25) is 0 Å². The van der Waals surface area contributed by atoms with Crippen LogP contribution in [0.25, 0.3) is 22.3 Å². The van der Waals surface area contributed by atoms with E-state index in [1.807, 2.05) is 60.7 Å². The number of piperidine rings is 1. The van der Waals surface area contributed by atoms with Crippen molar-refractivity contribution in [2.75, 3.05) is 26.3 Å². The summed E-state index contributed by atoms with van der Waals surface area (Å²) < 4.78 is 11.4. The van der Waals surface area contributed by atoms with Crippen molar-refractivity contribution in [3.05, 3.63) is 119 Å². The summed E-state index contributed by atoms with van der Waals surface area (Å²) in [6.45, 7) is 0.534. The van der Waals surface area contributed by atoms with Gasteiger partial charge in [0.1, 0.15) is 18.8 Å². The molecule has 1 saturated heterocycles. The van der Waals surface area contributed by atoms with Crippen molar-refractivity contribution in [1.29, 1.82) is 0 Å². The number of fused-ring (bicyclic) bond motifs is 6. The SMILES string of the molecule is O=C(NC1(C(=O)O)CCN(C(=O)OCC2c3ccccc3-c3ccccc32)CC1)OCC1c2ccccc2-c2ccccc21. The van der Waals surface area contributed by atoms with E-state index in [2.05, 4.69) is 41.7 Å². The quantitative estimate of drug-likeness (QED) is 0.270. The summed E-state index contributed by atoms with van der Waals surface area (Å²) in [5.41, 5.74) is 7.37. The molecular formula is C36H32N2O6. The molecule has 2 aliphatic carbocycles. The van der Waals surface area contributed by atoms with E-state index in [9.17, 15) is 19.5 Å². The minimum absolute atomic E-state index is 0.0384. The molecule has 0 atom stereocenters. The molecule has 0 unspecified atom stereocenters. The topological polar surface area (TPSA) is 105 Å². The predicted molar refractivity (Wildman–Crippen MR) is 164 cm³/mol. The third-order valence-corrected chi connectivity index (χ3v) is 9.31. The first-order valence-corrected chi connectivity index (χ1v) is 14.9. The molecule has 0 bridgehead atoms. The first-order chi connectivity index (χ1) is 21.4. The highest BCUT2D eigenvalue weighted by atomic mass is 16.6. The van der Waals surface area contributed by atoms with Gasteiger partial charge in [-0.2, -0.15) is 0 Å². The third kappa shape index (κ3) is 4.76. The molecule has 8 heteroatoms. The fourth-order valence-electron chi connectivity index (χ4n) is 6.98. The molecule has 8 nitrogen and oxygen atoms in total. The molecule has 3 aliphatic rings. The maximum absolute atomic E-state index is 13.1. The Hall–Kier alpha value is -5.11. The summed E-state index contributed by atoms with van der Waals surface area (Å²) in [5.74, 6) is -1.35. The van der Waals surface area contributed by atoms with Gasteiger partial charge in [-0.1, -0.05) is 97.1 Å². The lowest BCUT2D eigenvalue weighted by Crippen LogP contribution is -2.60. The summed E-state index contributed by atoms with van der Waals surface area (Å²) in [6.07, 6.45) is -1.20. The Kier molecular flexibility index (Phi) is 7.04. The molecular weight excluding hydrogens is 556 g/mol. The average Bonchev–Trinajstić information content (AvgIpc) is 3.55. The number of amides is 2. The number of rotatable bonds is 6. The predicted octanol–water partition coefficient (Wildman–Crippen LogP) is 6.39. The van der Waals surface area contributed by atoms with Crippen LogP contribution in [-0.2, 0) is 14.3 Å². The zero-order valence-corrected chi connectivity index (χ0v) is 24.1. The number of carboxylic acids is 1. The van der Waals surface area contributed by atoms with Crippen molar-refractivity contribution in [3.8, 4) is 22.3 Å². The Bertz CT molecular complexity index is 1670. The minimum Gasteiger partial charge on any atom is -0.480 e. The molecule has 0 radical (unpaired) electrons. The van der Waals surface area contributed by atoms with Crippen LogP contribution in [-0.4, -0.2) is 60.0 Å². The maximum atomic E-state index is 13.1. The largest absolute Gasteiger partial charge is 0.480 e. The van der Waals surface area contributed by atoms with Crippen molar-refractivity contribution in [3.63, 3.8) is 0 Å². The molecule has 0 aromatic heterocycles. The van der Waals surface area contributed by atoms with Gasteiger partial charge in [-0.15, -0.1) is 0 Å². The van der Waals surface area contributed by atoms with Gasteiger partial charge < -0.3 is 24.8 Å². The number of alkyl carbamates (subject to hydrolysis) is 1. The van der Waals surface area contributed by atoms with Crippen LogP contribution in [0.2, 0.25) is 0 Å². The Morgan fingerprint density at radius 2 is 1.05 bits per heavy atom. The van der Waals surface area contributed by atoms with Crippen LogP contribution in [0, 0.1) is 0 Å². The molecule has 44 heavy (non-hydrogen) atoms. The van der Waals surface area contributed by atoms with Crippen LogP contribution in [0.5, 0.6) is 0 Å². The number of carboxylic acid groups (broad SMARTS) is 1. The van der Waals surface area contributed by atoms with Gasteiger partial charge >= 0.3 is 18.2 Å². The van der Waals surface area contributed by atoms with Gasteiger partial charge in [-0.25, -0.2) is 14.4 Å². The minimum atomic E-state index is -1.54. The number of carbonyl (C=O) groups excluding carboxylic acids is 2. The molecule has 1 heterocycles. The molecule has 2 amide bonds. The lowest BCUT2D eigenvalue weighted by Gasteiger charge is -2.38. The second kappa shape index (κ2) is 11.2. The van der Waals surface area contributed by atoms with Crippen molar-refractivity contribution in [2.45, 2.75) is 30.2 Å². The molecule has 4 aromatic carbocycles. The monoisotopic (exact) mass is 588 g/mol. The second-order valence-corrected chi connectivity index (χ2v) is 11.6. The molecule has 4 aromatic rings. The normalized spacial score (nSPS) is 16.3. The summed E-state index contributed by atoms with van der Waals surface area (Å²) >= 11 is 0. The first-order valence-electron chi connectivity index (χ1n) is 14.9. The molecule has 1 aliphatic heterocycles. The number of aliphatic carboxylic acids is 1. The zero-order chi connectivity index (χ0) is 30.3. The highest BCUT2D eigenvalue weighted by molar-refractivity contribution is 5.85. The van der Waals surface area contributed by atoms with Crippen LogP contribution < -0.4 is 5.32 Å². The lowest BCUT2D eigenvalue weighted by atomic mass is 9.88. The van der Waals surface area contributed by atoms with Crippen LogP contribution in [0.15, 0.2) is 97.1 Å². The van der Waals surface area contributed by atoms with E-state index < -0.39 is 23.7 Å². The third-order valence-electron chi connectivity index (χ3n) is 9.31. The number of nitrogens with zero attached hydrogens (tertiary/aromatic N) is 1. The van der Waals surface area contributed by atoms with E-state index in [-0.39, 0.29) is 51.0 Å². The van der Waals surface area contributed by atoms with E-state index in [1.165, 1.54) is 4.90 Å². The first kappa shape index (κ1) is 27.7. The van der Waals surface area contributed by atoms with Gasteiger partial charge in [-0.05, 0) is 57.3 Å². The molecule has 2 N–H and O–H groups in total. The number of benzene rings is 4. The second-order valence-electron chi connectivity index (χ2n) is 11.6. The highest BCUT2D eigenvalue weighted by Gasteiger charge is 2.45. The number of likely N-dealkylation sites (tertiary alicyclic amines) is 1. The van der Waals surface area contributed by atoms with E-state index in [1.54, 1.807) is 0 Å². The Labute approximate surface area is 255 Å². The van der Waals surface area contributed by atoms with Crippen molar-refractivity contribution < 1.29 is 29.0 Å². The van der Waals surface area contributed by atoms with E-state index in [4.69, 9.17) is 9.47 Å². The van der Waals surface area contributed by atoms with Gasteiger partial charge in [0.25, 0.3) is 0 Å². The Morgan fingerprint density at radius 3 is 1.45 bits per heavy atom. The molecule has 0 spiro atoms. The van der Waals surface area contributed by atoms with Gasteiger partial charge in [0.2, 0.25) is 0 Å². The van der Waals surface area contributed by atoms with E-state index in [0.717, 1.165) is 44.5 Å².